The number of nitrogens with zero attached hydrogens (tertiary/aromatic N) is 1. The maximum absolute atomic E-state index is 12.0. The monoisotopic (exact) mass is 305 g/mol. The van der Waals surface area contributed by atoms with Gasteiger partial charge in [-0.2, -0.15) is 0 Å². The van der Waals surface area contributed by atoms with Crippen LogP contribution >= 0.6 is 11.3 Å². The van der Waals surface area contributed by atoms with Gasteiger partial charge in [0.2, 0.25) is 0 Å². The Kier molecular flexibility index (Phi) is 4.66. The zero-order valence-corrected chi connectivity index (χ0v) is 12.4. The van der Waals surface area contributed by atoms with Crippen LogP contribution in [0.1, 0.15) is 44.4 Å². The summed E-state index contributed by atoms with van der Waals surface area (Å²) in [4.78, 5) is 27.4. The lowest BCUT2D eigenvalue weighted by Crippen LogP contribution is -2.27. The Balaban J connectivity index is 2.04. The number of carbonyl (C=O) groups excluding carboxylic acids is 2. The highest BCUT2D eigenvalue weighted by molar-refractivity contribution is 7.09. The number of nitrogens with one attached hydrogen (secondary N) is 2. The van der Waals surface area contributed by atoms with Crippen molar-refractivity contribution in [3.63, 3.8) is 0 Å². The van der Waals surface area contributed by atoms with Gasteiger partial charge in [-0.1, -0.05) is 12.1 Å². The highest BCUT2D eigenvalue weighted by Gasteiger charge is 2.14. The summed E-state index contributed by atoms with van der Waals surface area (Å²) >= 11 is 1.42. The molecule has 2 aromatic rings. The summed E-state index contributed by atoms with van der Waals surface area (Å²) in [5.74, 6) is -0.805. The molecule has 0 aliphatic heterocycles. The van der Waals surface area contributed by atoms with E-state index in [0.717, 1.165) is 10.6 Å². The van der Waals surface area contributed by atoms with Crippen molar-refractivity contribution in [2.75, 3.05) is 0 Å². The molecule has 1 aromatic heterocycles. The Morgan fingerprint density at radius 2 is 1.90 bits per heavy atom. The van der Waals surface area contributed by atoms with Crippen LogP contribution in [0.3, 0.4) is 0 Å². The predicted octanol–water partition coefficient (Wildman–Crippen LogP) is 2.06. The molecule has 1 atom stereocenters. The van der Waals surface area contributed by atoms with Crippen LogP contribution in [-0.4, -0.2) is 22.0 Å². The lowest BCUT2D eigenvalue weighted by atomic mass is 10.1. The molecule has 7 heteroatoms. The van der Waals surface area contributed by atoms with Gasteiger partial charge in [-0.3, -0.25) is 14.8 Å². The summed E-state index contributed by atoms with van der Waals surface area (Å²) in [6, 6.07) is 6.39. The minimum absolute atomic E-state index is 0.217. The molecule has 1 aromatic carbocycles. The van der Waals surface area contributed by atoms with E-state index in [-0.39, 0.29) is 11.9 Å². The largest absolute Gasteiger partial charge is 0.344 e. The molecular formula is C14H15N3O3S. The van der Waals surface area contributed by atoms with Crippen LogP contribution < -0.4 is 10.8 Å². The van der Waals surface area contributed by atoms with Crippen molar-refractivity contribution in [2.45, 2.75) is 19.9 Å². The van der Waals surface area contributed by atoms with Gasteiger partial charge in [-0.25, -0.2) is 10.5 Å². The smallest absolute Gasteiger partial charge is 0.274 e. The highest BCUT2D eigenvalue weighted by Crippen LogP contribution is 2.15. The van der Waals surface area contributed by atoms with Crippen LogP contribution in [0.2, 0.25) is 0 Å². The van der Waals surface area contributed by atoms with Gasteiger partial charge in [0.25, 0.3) is 11.8 Å². The normalized spacial score (nSPS) is 11.8. The molecule has 0 spiro atoms. The van der Waals surface area contributed by atoms with Crippen molar-refractivity contribution in [3.8, 4) is 0 Å². The van der Waals surface area contributed by atoms with E-state index in [0.29, 0.717) is 11.3 Å². The topological polar surface area (TPSA) is 91.3 Å². The molecule has 1 heterocycles. The molecule has 110 valence electrons. The molecule has 2 amide bonds. The van der Waals surface area contributed by atoms with E-state index < -0.39 is 5.91 Å². The summed E-state index contributed by atoms with van der Waals surface area (Å²) < 4.78 is 0. The number of hydrogen-bond acceptors (Lipinski definition) is 5. The third kappa shape index (κ3) is 3.65. The second-order valence-electron chi connectivity index (χ2n) is 4.51. The van der Waals surface area contributed by atoms with Crippen LogP contribution in [0.15, 0.2) is 29.6 Å². The molecule has 2 rings (SSSR count). The molecule has 0 saturated carbocycles. The van der Waals surface area contributed by atoms with Gasteiger partial charge in [0.15, 0.2) is 0 Å². The number of thiazole rings is 1. The van der Waals surface area contributed by atoms with Gasteiger partial charge in [0, 0.05) is 10.9 Å². The van der Waals surface area contributed by atoms with Crippen molar-refractivity contribution in [1.82, 2.24) is 15.8 Å². The second kappa shape index (κ2) is 6.47. The van der Waals surface area contributed by atoms with Crippen molar-refractivity contribution < 1.29 is 14.8 Å². The van der Waals surface area contributed by atoms with E-state index in [1.807, 2.05) is 13.8 Å². The maximum Gasteiger partial charge on any atom is 0.274 e. The number of amides is 2. The van der Waals surface area contributed by atoms with Crippen LogP contribution in [0.5, 0.6) is 0 Å². The van der Waals surface area contributed by atoms with Gasteiger partial charge >= 0.3 is 0 Å². The molecule has 0 fully saturated rings. The number of aromatic nitrogens is 1. The average molecular weight is 305 g/mol. The summed E-state index contributed by atoms with van der Waals surface area (Å²) in [5, 5.41) is 13.9. The number of benzene rings is 1. The van der Waals surface area contributed by atoms with Crippen LogP contribution in [0, 0.1) is 6.92 Å². The number of rotatable bonds is 4. The van der Waals surface area contributed by atoms with E-state index in [9.17, 15) is 9.59 Å². The fourth-order valence-electron chi connectivity index (χ4n) is 1.81. The Morgan fingerprint density at radius 1 is 1.24 bits per heavy atom. The minimum Gasteiger partial charge on any atom is -0.344 e. The molecule has 0 radical (unpaired) electrons. The molecule has 3 N–H and O–H groups in total. The SMILES string of the molecule is Cc1nc(C(=O)NC(C)c2ccc(C(=O)NO)cc2)cs1. The van der Waals surface area contributed by atoms with Gasteiger partial charge in [0.1, 0.15) is 5.69 Å². The lowest BCUT2D eigenvalue weighted by Gasteiger charge is -2.13. The predicted molar refractivity (Wildman–Crippen MR) is 78.4 cm³/mol. The molecule has 0 aliphatic rings. The number of aryl methyl sites for hydroxylation is 1. The van der Waals surface area contributed by atoms with Crippen molar-refractivity contribution >= 4 is 23.2 Å². The zero-order valence-electron chi connectivity index (χ0n) is 11.6. The zero-order chi connectivity index (χ0) is 15.4. The summed E-state index contributed by atoms with van der Waals surface area (Å²) in [5.41, 5.74) is 3.17. The van der Waals surface area contributed by atoms with Crippen LogP contribution in [-0.2, 0) is 0 Å². The molecule has 0 saturated heterocycles. The highest BCUT2D eigenvalue weighted by atomic mass is 32.1. The van der Waals surface area contributed by atoms with Gasteiger partial charge in [-0.15, -0.1) is 11.3 Å². The molecule has 21 heavy (non-hydrogen) atoms. The fraction of sp³-hybridized carbons (Fsp3) is 0.214. The number of hydroxylamine groups is 1. The first kappa shape index (κ1) is 15.1. The van der Waals surface area contributed by atoms with Crippen molar-refractivity contribution in [2.24, 2.45) is 0 Å². The van der Waals surface area contributed by atoms with E-state index in [1.165, 1.54) is 11.3 Å². The first-order chi connectivity index (χ1) is 10.0. The van der Waals surface area contributed by atoms with Crippen molar-refractivity contribution in [3.05, 3.63) is 51.5 Å². The molecule has 0 bridgehead atoms. The molecule has 6 nitrogen and oxygen atoms in total. The standard InChI is InChI=1S/C14H15N3O3S/c1-8(15-14(19)12-7-21-9(2)16-12)10-3-5-11(6-4-10)13(18)17-20/h3-8,20H,1-2H3,(H,15,19)(H,17,18). The maximum atomic E-state index is 12.0. The van der Waals surface area contributed by atoms with Gasteiger partial charge in [0.05, 0.1) is 11.0 Å². The van der Waals surface area contributed by atoms with Gasteiger partial charge < -0.3 is 5.32 Å². The Bertz CT molecular complexity index is 652. The second-order valence-corrected chi connectivity index (χ2v) is 5.57. The summed E-state index contributed by atoms with van der Waals surface area (Å²) in [7, 11) is 0. The minimum atomic E-state index is -0.573. The molecule has 1 unspecified atom stereocenters. The molecule has 0 aliphatic carbocycles. The number of hydrogen-bond donors (Lipinski definition) is 3. The lowest BCUT2D eigenvalue weighted by molar-refractivity contribution is 0.0706. The van der Waals surface area contributed by atoms with E-state index in [2.05, 4.69) is 10.3 Å². The number of carbonyl (C=O) groups is 2. The van der Waals surface area contributed by atoms with Crippen LogP contribution in [0.25, 0.3) is 0 Å². The van der Waals surface area contributed by atoms with E-state index in [4.69, 9.17) is 5.21 Å². The van der Waals surface area contributed by atoms with E-state index in [1.54, 1.807) is 35.1 Å². The first-order valence-electron chi connectivity index (χ1n) is 6.28. The average Bonchev–Trinajstić information content (AvgIpc) is 2.93. The summed E-state index contributed by atoms with van der Waals surface area (Å²) in [6.07, 6.45) is 0. The van der Waals surface area contributed by atoms with Crippen molar-refractivity contribution in [1.29, 1.82) is 0 Å². The first-order valence-corrected chi connectivity index (χ1v) is 7.16. The fourth-order valence-corrected chi connectivity index (χ4v) is 2.40. The van der Waals surface area contributed by atoms with Crippen LogP contribution in [0.4, 0.5) is 0 Å². The summed E-state index contributed by atoms with van der Waals surface area (Å²) in [6.45, 7) is 3.69. The Hall–Kier alpha value is -2.25. The quantitative estimate of drug-likeness (QED) is 0.595. The Morgan fingerprint density at radius 3 is 2.43 bits per heavy atom. The Labute approximate surface area is 125 Å². The third-order valence-corrected chi connectivity index (χ3v) is 3.75. The van der Waals surface area contributed by atoms with E-state index >= 15 is 0 Å². The van der Waals surface area contributed by atoms with Gasteiger partial charge in [-0.05, 0) is 31.5 Å². The molecular weight excluding hydrogens is 290 g/mol. The third-order valence-electron chi connectivity index (χ3n) is 2.97.